The Morgan fingerprint density at radius 2 is 1.78 bits per heavy atom. The van der Waals surface area contributed by atoms with Crippen LogP contribution in [0.4, 0.5) is 0 Å². The molecule has 170 valence electrons. The number of hydrogen-bond acceptors (Lipinski definition) is 6. The minimum atomic E-state index is -3.91. The lowest BCUT2D eigenvalue weighted by Gasteiger charge is -2.18. The molecule has 1 aromatic heterocycles. The molecule has 0 aliphatic carbocycles. The highest BCUT2D eigenvalue weighted by atomic mass is 32.2. The highest BCUT2D eigenvalue weighted by molar-refractivity contribution is 7.89. The fraction of sp³-hybridized carbons (Fsp3) is 0.333. The standard InChI is InChI=1S/C24H27NO6S/c1-5-7-20(25-32(28,29)18-10-8-15(3)9-11-18)24(27)31-21-14-22-19(13-17(21)6-2)16(4)12-23(26)30-22/h8-14,20,25H,5-7H2,1-4H3/t20-/m1/s1. The maximum atomic E-state index is 13.0. The third-order valence-corrected chi connectivity index (χ3v) is 6.70. The number of ether oxygens (including phenoxy) is 1. The number of esters is 1. The molecule has 0 saturated carbocycles. The van der Waals surface area contributed by atoms with E-state index >= 15 is 0 Å². The van der Waals surface area contributed by atoms with Crippen molar-refractivity contribution < 1.29 is 22.4 Å². The van der Waals surface area contributed by atoms with E-state index in [4.69, 9.17) is 9.15 Å². The number of rotatable bonds is 8. The summed E-state index contributed by atoms with van der Waals surface area (Å²) in [4.78, 5) is 24.8. The molecule has 0 bridgehead atoms. The predicted octanol–water partition coefficient (Wildman–Crippen LogP) is 4.02. The van der Waals surface area contributed by atoms with E-state index in [1.807, 2.05) is 33.8 Å². The van der Waals surface area contributed by atoms with E-state index in [2.05, 4.69) is 4.72 Å². The van der Waals surface area contributed by atoms with Gasteiger partial charge in [-0.05, 0) is 56.0 Å². The Morgan fingerprint density at radius 1 is 1.09 bits per heavy atom. The number of carbonyl (C=O) groups is 1. The Labute approximate surface area is 187 Å². The minimum absolute atomic E-state index is 0.0780. The van der Waals surface area contributed by atoms with E-state index in [-0.39, 0.29) is 17.1 Å². The van der Waals surface area contributed by atoms with Crippen molar-refractivity contribution in [3.05, 3.63) is 69.6 Å². The Balaban J connectivity index is 1.91. The molecule has 0 unspecified atom stereocenters. The van der Waals surface area contributed by atoms with Crippen LogP contribution in [0.5, 0.6) is 5.75 Å². The summed E-state index contributed by atoms with van der Waals surface area (Å²) in [5.74, 6) is -0.471. The Bertz CT molecular complexity index is 1290. The summed E-state index contributed by atoms with van der Waals surface area (Å²) in [7, 11) is -3.91. The lowest BCUT2D eigenvalue weighted by molar-refractivity contribution is -0.136. The fourth-order valence-corrected chi connectivity index (χ4v) is 4.65. The normalized spacial score (nSPS) is 12.6. The quantitative estimate of drug-likeness (QED) is 0.311. The number of fused-ring (bicyclic) bond motifs is 1. The first kappa shape index (κ1) is 23.7. The van der Waals surface area contributed by atoms with Gasteiger partial charge in [0.25, 0.3) is 0 Å². The largest absolute Gasteiger partial charge is 0.425 e. The second-order valence-electron chi connectivity index (χ2n) is 7.75. The Hall–Kier alpha value is -2.97. The van der Waals surface area contributed by atoms with E-state index in [9.17, 15) is 18.0 Å². The van der Waals surface area contributed by atoms with Crippen LogP contribution in [0.15, 0.2) is 56.6 Å². The van der Waals surface area contributed by atoms with Crippen LogP contribution in [0.3, 0.4) is 0 Å². The van der Waals surface area contributed by atoms with Crippen molar-refractivity contribution in [2.45, 2.75) is 57.9 Å². The van der Waals surface area contributed by atoms with Crippen LogP contribution in [-0.4, -0.2) is 20.4 Å². The first-order chi connectivity index (χ1) is 15.1. The Kier molecular flexibility index (Phi) is 7.16. The summed E-state index contributed by atoms with van der Waals surface area (Å²) in [5, 5.41) is 0.756. The molecular weight excluding hydrogens is 430 g/mol. The molecule has 1 atom stereocenters. The first-order valence-electron chi connectivity index (χ1n) is 10.5. The third-order valence-electron chi connectivity index (χ3n) is 5.21. The molecule has 3 aromatic rings. The summed E-state index contributed by atoms with van der Waals surface area (Å²) in [6.07, 6.45) is 1.42. The van der Waals surface area contributed by atoms with Gasteiger partial charge in [-0.2, -0.15) is 4.72 Å². The van der Waals surface area contributed by atoms with E-state index in [0.717, 1.165) is 22.1 Å². The molecule has 0 saturated heterocycles. The molecule has 1 N–H and O–H groups in total. The molecule has 0 radical (unpaired) electrons. The third kappa shape index (κ3) is 5.26. The summed E-state index contributed by atoms with van der Waals surface area (Å²) in [6.45, 7) is 7.43. The van der Waals surface area contributed by atoms with Crippen molar-refractivity contribution >= 4 is 27.0 Å². The molecule has 8 heteroatoms. The van der Waals surface area contributed by atoms with Crippen LogP contribution in [0.1, 0.15) is 43.4 Å². The van der Waals surface area contributed by atoms with Gasteiger partial charge in [0.15, 0.2) is 0 Å². The van der Waals surface area contributed by atoms with Crippen molar-refractivity contribution in [2.24, 2.45) is 0 Å². The highest BCUT2D eigenvalue weighted by Crippen LogP contribution is 2.28. The average Bonchev–Trinajstić information content (AvgIpc) is 2.73. The van der Waals surface area contributed by atoms with Crippen LogP contribution >= 0.6 is 0 Å². The first-order valence-corrected chi connectivity index (χ1v) is 12.0. The molecular formula is C24H27NO6S. The SMILES string of the molecule is CCC[C@@H](NS(=O)(=O)c1ccc(C)cc1)C(=O)Oc1cc2oc(=O)cc(C)c2cc1CC. The highest BCUT2D eigenvalue weighted by Gasteiger charge is 2.27. The molecule has 0 aliphatic rings. The number of hydrogen-bond donors (Lipinski definition) is 1. The monoisotopic (exact) mass is 457 g/mol. The second-order valence-corrected chi connectivity index (χ2v) is 9.47. The average molecular weight is 458 g/mol. The molecule has 32 heavy (non-hydrogen) atoms. The lowest BCUT2D eigenvalue weighted by atomic mass is 10.1. The predicted molar refractivity (Wildman–Crippen MR) is 122 cm³/mol. The van der Waals surface area contributed by atoms with Gasteiger partial charge in [0.1, 0.15) is 17.4 Å². The van der Waals surface area contributed by atoms with Gasteiger partial charge in [0.2, 0.25) is 10.0 Å². The minimum Gasteiger partial charge on any atom is -0.425 e. The number of aryl methyl sites for hydroxylation is 3. The van der Waals surface area contributed by atoms with Crippen LogP contribution < -0.4 is 15.1 Å². The number of nitrogens with one attached hydrogen (secondary N) is 1. The molecule has 2 aromatic carbocycles. The van der Waals surface area contributed by atoms with E-state index in [0.29, 0.717) is 18.4 Å². The van der Waals surface area contributed by atoms with Crippen LogP contribution in [0.2, 0.25) is 0 Å². The van der Waals surface area contributed by atoms with Crippen molar-refractivity contribution in [1.82, 2.24) is 4.72 Å². The number of sulfonamides is 1. The smallest absolute Gasteiger partial charge is 0.336 e. The molecule has 7 nitrogen and oxygen atoms in total. The zero-order chi connectivity index (χ0) is 23.5. The number of carbonyl (C=O) groups excluding carboxylic acids is 1. The van der Waals surface area contributed by atoms with E-state index in [1.54, 1.807) is 12.1 Å². The van der Waals surface area contributed by atoms with Crippen molar-refractivity contribution in [3.63, 3.8) is 0 Å². The topological polar surface area (TPSA) is 103 Å². The van der Waals surface area contributed by atoms with Gasteiger partial charge in [-0.1, -0.05) is 38.0 Å². The molecule has 0 amide bonds. The summed E-state index contributed by atoms with van der Waals surface area (Å²) < 4.78 is 38.9. The van der Waals surface area contributed by atoms with Crippen molar-refractivity contribution in [3.8, 4) is 5.75 Å². The van der Waals surface area contributed by atoms with Gasteiger partial charge >= 0.3 is 11.6 Å². The molecule has 0 fully saturated rings. The molecule has 1 heterocycles. The zero-order valence-electron chi connectivity index (χ0n) is 18.6. The second kappa shape index (κ2) is 9.67. The summed E-state index contributed by atoms with van der Waals surface area (Å²) in [6, 6.07) is 10.1. The molecule has 0 aliphatic heterocycles. The van der Waals surface area contributed by atoms with Crippen LogP contribution in [-0.2, 0) is 21.2 Å². The maximum absolute atomic E-state index is 13.0. The fourth-order valence-electron chi connectivity index (χ4n) is 3.43. The molecule has 3 rings (SSSR count). The van der Waals surface area contributed by atoms with E-state index in [1.165, 1.54) is 24.3 Å². The lowest BCUT2D eigenvalue weighted by Crippen LogP contribution is -2.43. The van der Waals surface area contributed by atoms with Gasteiger partial charge in [-0.15, -0.1) is 0 Å². The molecule has 0 spiro atoms. The van der Waals surface area contributed by atoms with E-state index < -0.39 is 27.7 Å². The van der Waals surface area contributed by atoms with Crippen LogP contribution in [0, 0.1) is 13.8 Å². The number of benzene rings is 2. The summed E-state index contributed by atoms with van der Waals surface area (Å²) in [5.41, 5.74) is 2.25. The van der Waals surface area contributed by atoms with Gasteiger partial charge < -0.3 is 9.15 Å². The van der Waals surface area contributed by atoms with Crippen molar-refractivity contribution in [1.29, 1.82) is 0 Å². The Morgan fingerprint density at radius 3 is 2.41 bits per heavy atom. The van der Waals surface area contributed by atoms with Gasteiger partial charge in [-0.3, -0.25) is 0 Å². The van der Waals surface area contributed by atoms with Gasteiger partial charge in [0, 0.05) is 17.5 Å². The van der Waals surface area contributed by atoms with Crippen LogP contribution in [0.25, 0.3) is 11.0 Å². The zero-order valence-corrected chi connectivity index (χ0v) is 19.4. The van der Waals surface area contributed by atoms with Gasteiger partial charge in [-0.25, -0.2) is 18.0 Å². The van der Waals surface area contributed by atoms with Crippen molar-refractivity contribution in [2.75, 3.05) is 0 Å². The van der Waals surface area contributed by atoms with Gasteiger partial charge in [0.05, 0.1) is 4.90 Å². The maximum Gasteiger partial charge on any atom is 0.336 e. The summed E-state index contributed by atoms with van der Waals surface area (Å²) >= 11 is 0.